The Labute approximate surface area is 91.6 Å². The standard InChI is InChI=1S/C11H22N2S/c1-13-6-7-14-8-10(13)11(12)9-4-2-3-5-9/h9-11H,2-8,12H2,1H3. The molecule has 0 spiro atoms. The normalized spacial score (nSPS) is 33.4. The Morgan fingerprint density at radius 3 is 2.71 bits per heavy atom. The fraction of sp³-hybridized carbons (Fsp3) is 1.00. The molecule has 0 aromatic rings. The molecule has 1 aliphatic heterocycles. The number of nitrogens with zero attached hydrogens (tertiary/aromatic N) is 1. The van der Waals surface area contributed by atoms with Crippen molar-refractivity contribution in [2.75, 3.05) is 25.1 Å². The summed E-state index contributed by atoms with van der Waals surface area (Å²) in [6.07, 6.45) is 5.55. The van der Waals surface area contributed by atoms with Crippen LogP contribution >= 0.6 is 11.8 Å². The van der Waals surface area contributed by atoms with Gasteiger partial charge in [0.25, 0.3) is 0 Å². The van der Waals surface area contributed by atoms with E-state index in [-0.39, 0.29) is 0 Å². The summed E-state index contributed by atoms with van der Waals surface area (Å²) in [4.78, 5) is 2.47. The van der Waals surface area contributed by atoms with Crippen LogP contribution in [0.25, 0.3) is 0 Å². The van der Waals surface area contributed by atoms with Gasteiger partial charge in [0.1, 0.15) is 0 Å². The summed E-state index contributed by atoms with van der Waals surface area (Å²) in [6, 6.07) is 1.06. The second-order valence-corrected chi connectivity index (χ2v) is 5.89. The molecule has 2 aliphatic rings. The van der Waals surface area contributed by atoms with Crippen LogP contribution in [0, 0.1) is 5.92 Å². The van der Waals surface area contributed by atoms with Gasteiger partial charge in [-0.25, -0.2) is 0 Å². The molecule has 1 saturated heterocycles. The Morgan fingerprint density at radius 2 is 2.07 bits per heavy atom. The molecule has 2 unspecified atom stereocenters. The Hall–Kier alpha value is 0.270. The molecule has 3 heteroatoms. The first kappa shape index (κ1) is 10.8. The number of rotatable bonds is 2. The highest BCUT2D eigenvalue weighted by Crippen LogP contribution is 2.30. The van der Waals surface area contributed by atoms with E-state index in [1.54, 1.807) is 0 Å². The number of thioether (sulfide) groups is 1. The summed E-state index contributed by atoms with van der Waals surface area (Å²) in [7, 11) is 2.24. The van der Waals surface area contributed by atoms with Crippen molar-refractivity contribution in [1.29, 1.82) is 0 Å². The van der Waals surface area contributed by atoms with Crippen LogP contribution < -0.4 is 5.73 Å². The molecule has 1 saturated carbocycles. The van der Waals surface area contributed by atoms with E-state index < -0.39 is 0 Å². The largest absolute Gasteiger partial charge is 0.326 e. The molecule has 14 heavy (non-hydrogen) atoms. The second-order valence-electron chi connectivity index (χ2n) is 4.74. The van der Waals surface area contributed by atoms with E-state index in [2.05, 4.69) is 23.7 Å². The Kier molecular flexibility index (Phi) is 3.74. The van der Waals surface area contributed by atoms with Crippen LogP contribution in [-0.2, 0) is 0 Å². The third-order valence-corrected chi connectivity index (χ3v) is 4.88. The molecule has 0 aromatic heterocycles. The first-order valence-corrected chi connectivity index (χ1v) is 6.98. The molecule has 0 amide bonds. The predicted octanol–water partition coefficient (Wildman–Crippen LogP) is 1.55. The molecule has 0 bridgehead atoms. The zero-order chi connectivity index (χ0) is 9.97. The highest BCUT2D eigenvalue weighted by atomic mass is 32.2. The molecule has 2 nitrogen and oxygen atoms in total. The minimum absolute atomic E-state index is 0.426. The summed E-state index contributed by atoms with van der Waals surface area (Å²) in [5.74, 6) is 3.33. The highest BCUT2D eigenvalue weighted by Gasteiger charge is 2.32. The zero-order valence-electron chi connectivity index (χ0n) is 9.11. The van der Waals surface area contributed by atoms with Gasteiger partial charge in [-0.15, -0.1) is 0 Å². The topological polar surface area (TPSA) is 29.3 Å². The summed E-state index contributed by atoms with van der Waals surface area (Å²) >= 11 is 2.07. The van der Waals surface area contributed by atoms with Crippen LogP contribution in [0.2, 0.25) is 0 Å². The minimum Gasteiger partial charge on any atom is -0.326 e. The Balaban J connectivity index is 1.91. The van der Waals surface area contributed by atoms with E-state index in [1.165, 1.54) is 43.7 Å². The molecule has 2 atom stereocenters. The van der Waals surface area contributed by atoms with E-state index in [4.69, 9.17) is 5.73 Å². The lowest BCUT2D eigenvalue weighted by Crippen LogP contribution is -2.53. The average Bonchev–Trinajstić information content (AvgIpc) is 2.70. The first-order valence-electron chi connectivity index (χ1n) is 5.82. The maximum atomic E-state index is 6.39. The maximum absolute atomic E-state index is 6.39. The van der Waals surface area contributed by atoms with E-state index >= 15 is 0 Å². The lowest BCUT2D eigenvalue weighted by Gasteiger charge is -2.38. The van der Waals surface area contributed by atoms with Gasteiger partial charge in [0.15, 0.2) is 0 Å². The number of nitrogens with two attached hydrogens (primary N) is 1. The van der Waals surface area contributed by atoms with Crippen molar-refractivity contribution < 1.29 is 0 Å². The third-order valence-electron chi connectivity index (χ3n) is 3.83. The van der Waals surface area contributed by atoms with Gasteiger partial charge in [-0.1, -0.05) is 12.8 Å². The van der Waals surface area contributed by atoms with Crippen molar-refractivity contribution in [2.45, 2.75) is 37.8 Å². The van der Waals surface area contributed by atoms with Crippen molar-refractivity contribution in [3.63, 3.8) is 0 Å². The van der Waals surface area contributed by atoms with Crippen LogP contribution in [-0.4, -0.2) is 42.1 Å². The molecule has 1 aliphatic carbocycles. The highest BCUT2D eigenvalue weighted by molar-refractivity contribution is 7.99. The van der Waals surface area contributed by atoms with Crippen molar-refractivity contribution in [2.24, 2.45) is 11.7 Å². The lowest BCUT2D eigenvalue weighted by atomic mass is 9.92. The minimum atomic E-state index is 0.426. The molecule has 2 rings (SSSR count). The number of hydrogen-bond donors (Lipinski definition) is 1. The molecule has 0 radical (unpaired) electrons. The van der Waals surface area contributed by atoms with Gasteiger partial charge >= 0.3 is 0 Å². The van der Waals surface area contributed by atoms with Crippen LogP contribution in [0.4, 0.5) is 0 Å². The summed E-state index contributed by atoms with van der Waals surface area (Å²) in [5.41, 5.74) is 6.39. The molecular weight excluding hydrogens is 192 g/mol. The molecule has 2 fully saturated rings. The van der Waals surface area contributed by atoms with Gasteiger partial charge in [-0.2, -0.15) is 11.8 Å². The average molecular weight is 214 g/mol. The SMILES string of the molecule is CN1CCSCC1C(N)C1CCCC1. The van der Waals surface area contributed by atoms with E-state index in [1.807, 2.05) is 0 Å². The molecule has 1 heterocycles. The van der Waals surface area contributed by atoms with Crippen molar-refractivity contribution >= 4 is 11.8 Å². The van der Waals surface area contributed by atoms with Crippen LogP contribution in [0.15, 0.2) is 0 Å². The van der Waals surface area contributed by atoms with Gasteiger partial charge in [0, 0.05) is 30.1 Å². The molecule has 2 N–H and O–H groups in total. The van der Waals surface area contributed by atoms with E-state index in [0.717, 1.165) is 5.92 Å². The fourth-order valence-corrected chi connectivity index (χ4v) is 4.07. The van der Waals surface area contributed by atoms with Crippen molar-refractivity contribution in [3.05, 3.63) is 0 Å². The predicted molar refractivity (Wildman–Crippen MR) is 63.7 cm³/mol. The number of hydrogen-bond acceptors (Lipinski definition) is 3. The van der Waals surface area contributed by atoms with Gasteiger partial charge < -0.3 is 10.6 Å². The fourth-order valence-electron chi connectivity index (χ4n) is 2.77. The van der Waals surface area contributed by atoms with Gasteiger partial charge in [0.2, 0.25) is 0 Å². The summed E-state index contributed by atoms with van der Waals surface area (Å²) in [5, 5.41) is 0. The lowest BCUT2D eigenvalue weighted by molar-refractivity contribution is 0.200. The number of likely N-dealkylation sites (N-methyl/N-ethyl adjacent to an activating group) is 1. The third kappa shape index (κ3) is 2.26. The quantitative estimate of drug-likeness (QED) is 0.756. The summed E-state index contributed by atoms with van der Waals surface area (Å²) < 4.78 is 0. The van der Waals surface area contributed by atoms with Gasteiger partial charge in [0.05, 0.1) is 0 Å². The van der Waals surface area contributed by atoms with Crippen molar-refractivity contribution in [1.82, 2.24) is 4.90 Å². The van der Waals surface area contributed by atoms with E-state index in [0.29, 0.717) is 12.1 Å². The molecule has 82 valence electrons. The second kappa shape index (κ2) is 4.86. The first-order chi connectivity index (χ1) is 6.79. The Bertz CT molecular complexity index is 180. The van der Waals surface area contributed by atoms with E-state index in [9.17, 15) is 0 Å². The zero-order valence-corrected chi connectivity index (χ0v) is 9.93. The molecular formula is C11H22N2S. The van der Waals surface area contributed by atoms with Crippen LogP contribution in [0.3, 0.4) is 0 Å². The van der Waals surface area contributed by atoms with Crippen molar-refractivity contribution in [3.8, 4) is 0 Å². The Morgan fingerprint density at radius 1 is 1.36 bits per heavy atom. The monoisotopic (exact) mass is 214 g/mol. The van der Waals surface area contributed by atoms with Gasteiger partial charge in [-0.3, -0.25) is 0 Å². The van der Waals surface area contributed by atoms with Crippen LogP contribution in [0.5, 0.6) is 0 Å². The smallest absolute Gasteiger partial charge is 0.0337 e. The molecule has 0 aromatic carbocycles. The maximum Gasteiger partial charge on any atom is 0.0337 e. The van der Waals surface area contributed by atoms with Crippen LogP contribution in [0.1, 0.15) is 25.7 Å². The summed E-state index contributed by atoms with van der Waals surface area (Å²) in [6.45, 7) is 1.22. The van der Waals surface area contributed by atoms with Gasteiger partial charge in [-0.05, 0) is 25.8 Å².